The molecule has 0 aromatic carbocycles. The molecule has 0 bridgehead atoms. The monoisotopic (exact) mass is 199 g/mol. The summed E-state index contributed by atoms with van der Waals surface area (Å²) in [5.41, 5.74) is 0. The lowest BCUT2D eigenvalue weighted by molar-refractivity contribution is 0.386. The van der Waals surface area contributed by atoms with Crippen LogP contribution in [-0.2, 0) is 0 Å². The Kier molecular flexibility index (Phi) is 3.20. The number of hydrogen-bond donors (Lipinski definition) is 1. The Balaban J connectivity index is 1.77. The summed E-state index contributed by atoms with van der Waals surface area (Å²) in [7, 11) is 0. The molecule has 2 rings (SSSR count). The van der Waals surface area contributed by atoms with Gasteiger partial charge in [0.25, 0.3) is 0 Å². The van der Waals surface area contributed by atoms with Crippen LogP contribution in [0, 0.1) is 5.92 Å². The van der Waals surface area contributed by atoms with Gasteiger partial charge in [0.2, 0.25) is 0 Å². The van der Waals surface area contributed by atoms with Crippen LogP contribution in [0.3, 0.4) is 0 Å². The fourth-order valence-electron chi connectivity index (χ4n) is 2.21. The van der Waals surface area contributed by atoms with E-state index in [4.69, 9.17) is 0 Å². The van der Waals surface area contributed by atoms with Gasteiger partial charge < -0.3 is 5.32 Å². The van der Waals surface area contributed by atoms with Crippen LogP contribution < -0.4 is 5.32 Å². The maximum absolute atomic E-state index is 3.81. The SMILES string of the molecule is CC(NC1CCCSC1C)C1CC1. The van der Waals surface area contributed by atoms with Crippen LogP contribution in [0.15, 0.2) is 0 Å². The predicted octanol–water partition coefficient (Wildman–Crippen LogP) is 2.66. The topological polar surface area (TPSA) is 12.0 Å². The van der Waals surface area contributed by atoms with E-state index in [1.807, 2.05) is 0 Å². The molecule has 1 aliphatic heterocycles. The Morgan fingerprint density at radius 1 is 1.31 bits per heavy atom. The minimum absolute atomic E-state index is 0.770. The van der Waals surface area contributed by atoms with Crippen LogP contribution in [0.25, 0.3) is 0 Å². The van der Waals surface area contributed by atoms with Gasteiger partial charge in [-0.1, -0.05) is 6.92 Å². The first kappa shape index (κ1) is 9.85. The summed E-state index contributed by atoms with van der Waals surface area (Å²) >= 11 is 2.14. The number of thioether (sulfide) groups is 1. The van der Waals surface area contributed by atoms with E-state index in [1.54, 1.807) is 0 Å². The first-order valence-corrected chi connectivity index (χ1v) is 6.70. The molecule has 76 valence electrons. The molecule has 1 nitrogen and oxygen atoms in total. The van der Waals surface area contributed by atoms with E-state index >= 15 is 0 Å². The first-order valence-electron chi connectivity index (χ1n) is 5.65. The largest absolute Gasteiger partial charge is 0.310 e. The zero-order valence-corrected chi connectivity index (χ0v) is 9.57. The second-order valence-corrected chi connectivity index (χ2v) is 6.10. The normalized spacial score (nSPS) is 37.4. The summed E-state index contributed by atoms with van der Waals surface area (Å²) < 4.78 is 0. The van der Waals surface area contributed by atoms with Gasteiger partial charge in [-0.3, -0.25) is 0 Å². The molecule has 0 spiro atoms. The quantitative estimate of drug-likeness (QED) is 0.750. The third-order valence-corrected chi connectivity index (χ3v) is 4.79. The summed E-state index contributed by atoms with van der Waals surface area (Å²) in [5, 5.41) is 4.64. The second-order valence-electron chi connectivity index (χ2n) is 4.62. The van der Waals surface area contributed by atoms with Crippen LogP contribution in [0.2, 0.25) is 0 Å². The summed E-state index contributed by atoms with van der Waals surface area (Å²) in [6.07, 6.45) is 5.72. The minimum atomic E-state index is 0.770. The molecule has 2 heteroatoms. The fraction of sp³-hybridized carbons (Fsp3) is 1.00. The van der Waals surface area contributed by atoms with Crippen molar-refractivity contribution in [1.29, 1.82) is 0 Å². The average molecular weight is 199 g/mol. The van der Waals surface area contributed by atoms with Crippen molar-refractivity contribution in [3.63, 3.8) is 0 Å². The van der Waals surface area contributed by atoms with Gasteiger partial charge >= 0.3 is 0 Å². The molecule has 13 heavy (non-hydrogen) atoms. The third-order valence-electron chi connectivity index (χ3n) is 3.41. The molecule has 1 aliphatic carbocycles. The predicted molar refractivity (Wildman–Crippen MR) is 60.3 cm³/mol. The molecule has 2 fully saturated rings. The van der Waals surface area contributed by atoms with Crippen LogP contribution in [0.1, 0.15) is 39.5 Å². The van der Waals surface area contributed by atoms with Gasteiger partial charge in [-0.05, 0) is 44.3 Å². The van der Waals surface area contributed by atoms with E-state index in [0.717, 1.165) is 23.3 Å². The van der Waals surface area contributed by atoms with Gasteiger partial charge in [-0.25, -0.2) is 0 Å². The lowest BCUT2D eigenvalue weighted by atomic mass is 10.1. The van der Waals surface area contributed by atoms with Crippen molar-refractivity contribution < 1.29 is 0 Å². The molecule has 0 amide bonds. The van der Waals surface area contributed by atoms with Crippen molar-refractivity contribution in [2.24, 2.45) is 5.92 Å². The van der Waals surface area contributed by atoms with E-state index in [9.17, 15) is 0 Å². The van der Waals surface area contributed by atoms with E-state index in [1.165, 1.54) is 31.4 Å². The van der Waals surface area contributed by atoms with Crippen LogP contribution >= 0.6 is 11.8 Å². The Morgan fingerprint density at radius 3 is 2.69 bits per heavy atom. The maximum Gasteiger partial charge on any atom is 0.0186 e. The molecular weight excluding hydrogens is 178 g/mol. The van der Waals surface area contributed by atoms with E-state index in [-0.39, 0.29) is 0 Å². The zero-order chi connectivity index (χ0) is 9.26. The van der Waals surface area contributed by atoms with Gasteiger partial charge in [-0.15, -0.1) is 0 Å². The van der Waals surface area contributed by atoms with Gasteiger partial charge in [0.15, 0.2) is 0 Å². The average Bonchev–Trinajstić information content (AvgIpc) is 2.91. The molecule has 3 unspecified atom stereocenters. The molecule has 1 N–H and O–H groups in total. The third kappa shape index (κ3) is 2.63. The highest BCUT2D eigenvalue weighted by molar-refractivity contribution is 7.99. The molecule has 0 radical (unpaired) electrons. The van der Waals surface area contributed by atoms with Crippen molar-refractivity contribution in [3.8, 4) is 0 Å². The second kappa shape index (κ2) is 4.22. The molecule has 2 aliphatic rings. The molecule has 0 aromatic rings. The van der Waals surface area contributed by atoms with Crippen molar-refractivity contribution >= 4 is 11.8 Å². The van der Waals surface area contributed by atoms with E-state index in [0.29, 0.717) is 0 Å². The molecule has 0 aromatic heterocycles. The highest BCUT2D eigenvalue weighted by atomic mass is 32.2. The zero-order valence-electron chi connectivity index (χ0n) is 8.75. The highest BCUT2D eigenvalue weighted by Gasteiger charge is 2.31. The Bertz CT molecular complexity index is 167. The Hall–Kier alpha value is 0.310. The molecule has 1 saturated heterocycles. The highest BCUT2D eigenvalue weighted by Crippen LogP contribution is 2.34. The van der Waals surface area contributed by atoms with E-state index < -0.39 is 0 Å². The first-order chi connectivity index (χ1) is 6.27. The molecule has 3 atom stereocenters. The molecule has 1 saturated carbocycles. The van der Waals surface area contributed by atoms with Crippen LogP contribution in [0.5, 0.6) is 0 Å². The number of nitrogens with one attached hydrogen (secondary N) is 1. The molecular formula is C11H21NS. The van der Waals surface area contributed by atoms with Crippen molar-refractivity contribution in [3.05, 3.63) is 0 Å². The summed E-state index contributed by atoms with van der Waals surface area (Å²) in [5.74, 6) is 2.37. The minimum Gasteiger partial charge on any atom is -0.310 e. The van der Waals surface area contributed by atoms with Gasteiger partial charge in [0, 0.05) is 17.3 Å². The maximum atomic E-state index is 3.81. The Morgan fingerprint density at radius 2 is 2.08 bits per heavy atom. The van der Waals surface area contributed by atoms with Gasteiger partial charge in [-0.2, -0.15) is 11.8 Å². The van der Waals surface area contributed by atoms with Crippen molar-refractivity contribution in [2.75, 3.05) is 5.75 Å². The summed E-state index contributed by atoms with van der Waals surface area (Å²) in [4.78, 5) is 0. The lowest BCUT2D eigenvalue weighted by Crippen LogP contribution is -2.44. The molecule has 1 heterocycles. The van der Waals surface area contributed by atoms with E-state index in [2.05, 4.69) is 30.9 Å². The van der Waals surface area contributed by atoms with Crippen LogP contribution in [-0.4, -0.2) is 23.1 Å². The van der Waals surface area contributed by atoms with Crippen LogP contribution in [0.4, 0.5) is 0 Å². The standard InChI is InChI=1S/C11H21NS/c1-8(10-5-6-10)12-11-4-3-7-13-9(11)2/h8-12H,3-7H2,1-2H3. The number of rotatable bonds is 3. The fourth-order valence-corrected chi connectivity index (χ4v) is 3.36. The Labute approximate surface area is 86.0 Å². The van der Waals surface area contributed by atoms with Gasteiger partial charge in [0.1, 0.15) is 0 Å². The van der Waals surface area contributed by atoms with Crippen molar-refractivity contribution in [1.82, 2.24) is 5.32 Å². The lowest BCUT2D eigenvalue weighted by Gasteiger charge is -2.31. The summed E-state index contributed by atoms with van der Waals surface area (Å²) in [6, 6.07) is 1.56. The summed E-state index contributed by atoms with van der Waals surface area (Å²) in [6.45, 7) is 4.74. The smallest absolute Gasteiger partial charge is 0.0186 e. The van der Waals surface area contributed by atoms with Crippen molar-refractivity contribution in [2.45, 2.75) is 56.9 Å². The van der Waals surface area contributed by atoms with Gasteiger partial charge in [0.05, 0.1) is 0 Å². The number of hydrogen-bond acceptors (Lipinski definition) is 2.